The molecule has 2 aromatic heterocycles. The average molecular weight is 704 g/mol. The maximum atomic E-state index is 6.61. The van der Waals surface area contributed by atoms with Crippen LogP contribution in [-0.2, 0) is 0 Å². The van der Waals surface area contributed by atoms with Gasteiger partial charge in [-0.1, -0.05) is 127 Å². The molecule has 0 saturated carbocycles. The van der Waals surface area contributed by atoms with Gasteiger partial charge in [0, 0.05) is 44.5 Å². The Hall–Kier alpha value is -7.43. The van der Waals surface area contributed by atoms with Gasteiger partial charge >= 0.3 is 0 Å². The Bertz CT molecular complexity index is 3160. The predicted octanol–water partition coefficient (Wildman–Crippen LogP) is 14.0. The van der Waals surface area contributed by atoms with Crippen LogP contribution in [0.5, 0.6) is 0 Å². The summed E-state index contributed by atoms with van der Waals surface area (Å²) in [6.07, 6.45) is 0. The third-order valence-corrected chi connectivity index (χ3v) is 10.8. The lowest BCUT2D eigenvalue weighted by molar-refractivity contribution is 0.623. The van der Waals surface area contributed by atoms with Crippen LogP contribution in [0.4, 0.5) is 17.1 Å². The molecule has 0 unspecified atom stereocenters. The highest BCUT2D eigenvalue weighted by Crippen LogP contribution is 2.42. The number of hydrogen-bond donors (Lipinski definition) is 0. The number of benzene rings is 9. The van der Waals surface area contributed by atoms with Gasteiger partial charge in [0.2, 0.25) is 5.89 Å². The van der Waals surface area contributed by atoms with Crippen LogP contribution in [0.15, 0.2) is 205 Å². The molecular weight excluding hydrogens is 671 g/mol. The monoisotopic (exact) mass is 703 g/mol. The summed E-state index contributed by atoms with van der Waals surface area (Å²) < 4.78 is 8.99. The van der Waals surface area contributed by atoms with Crippen LogP contribution in [0, 0.1) is 0 Å². The van der Waals surface area contributed by atoms with Crippen molar-refractivity contribution in [2.75, 3.05) is 4.90 Å². The number of hydrogen-bond acceptors (Lipinski definition) is 3. The lowest BCUT2D eigenvalue weighted by Crippen LogP contribution is -2.10. The second-order valence-electron chi connectivity index (χ2n) is 14.0. The Morgan fingerprint density at radius 3 is 1.76 bits per heavy atom. The summed E-state index contributed by atoms with van der Waals surface area (Å²) in [5.41, 5.74) is 11.6. The molecule has 0 radical (unpaired) electrons. The Morgan fingerprint density at radius 1 is 0.418 bits per heavy atom. The fraction of sp³-hybridized carbons (Fsp3) is 0. The molecule has 0 N–H and O–H groups in total. The third-order valence-electron chi connectivity index (χ3n) is 10.8. The zero-order valence-electron chi connectivity index (χ0n) is 29.8. The molecular formula is C51H33N3O. The minimum Gasteiger partial charge on any atom is -0.435 e. The van der Waals surface area contributed by atoms with Crippen molar-refractivity contribution < 1.29 is 4.42 Å². The minimum absolute atomic E-state index is 0.623. The molecule has 0 amide bonds. The standard InChI is InChI=1S/C51H33N3O/c1-3-13-34(14-4-1)38-17-11-18-39(31-38)53(40-19-12-20-41(32-40)54-47-23-9-7-21-43(47)44-22-8-10-24-48(44)54)42-29-27-35-25-26-36-28-30-46-50(49(36)45(35)33-42)55-51(52-46)37-15-5-2-6-16-37/h1-33H. The molecule has 4 nitrogen and oxygen atoms in total. The summed E-state index contributed by atoms with van der Waals surface area (Å²) >= 11 is 0. The number of aromatic nitrogens is 2. The van der Waals surface area contributed by atoms with E-state index in [2.05, 4.69) is 179 Å². The molecule has 9 aromatic carbocycles. The normalized spacial score (nSPS) is 11.6. The summed E-state index contributed by atoms with van der Waals surface area (Å²) in [6, 6.07) is 71.1. The highest BCUT2D eigenvalue weighted by Gasteiger charge is 2.19. The van der Waals surface area contributed by atoms with E-state index in [0.717, 1.165) is 66.5 Å². The van der Waals surface area contributed by atoms with E-state index in [-0.39, 0.29) is 0 Å². The number of rotatable bonds is 6. The molecule has 4 heteroatoms. The van der Waals surface area contributed by atoms with Crippen LogP contribution in [0.3, 0.4) is 0 Å². The fourth-order valence-corrected chi connectivity index (χ4v) is 8.23. The van der Waals surface area contributed by atoms with E-state index in [4.69, 9.17) is 9.40 Å². The SMILES string of the molecule is c1ccc(-c2cccc(N(c3cccc(-n4c5ccccc5c5ccccc54)c3)c3ccc4ccc5ccc6nc(-c7ccccc7)oc6c5c4c3)c2)cc1. The zero-order valence-corrected chi connectivity index (χ0v) is 29.8. The smallest absolute Gasteiger partial charge is 0.227 e. The summed E-state index contributed by atoms with van der Waals surface area (Å²) in [5, 5.41) is 6.90. The van der Waals surface area contributed by atoms with Crippen molar-refractivity contribution in [1.29, 1.82) is 0 Å². The lowest BCUT2D eigenvalue weighted by atomic mass is 9.99. The molecule has 0 aliphatic carbocycles. The maximum Gasteiger partial charge on any atom is 0.227 e. The number of nitrogens with zero attached hydrogens (tertiary/aromatic N) is 3. The first-order chi connectivity index (χ1) is 27.3. The van der Waals surface area contributed by atoms with E-state index in [9.17, 15) is 0 Å². The van der Waals surface area contributed by atoms with Gasteiger partial charge in [-0.3, -0.25) is 0 Å². The van der Waals surface area contributed by atoms with Crippen LogP contribution in [0.1, 0.15) is 0 Å². The second kappa shape index (κ2) is 12.6. The van der Waals surface area contributed by atoms with Gasteiger partial charge in [-0.2, -0.15) is 0 Å². The van der Waals surface area contributed by atoms with Gasteiger partial charge in [-0.15, -0.1) is 0 Å². The van der Waals surface area contributed by atoms with Crippen molar-refractivity contribution >= 4 is 71.5 Å². The Labute approximate surface area is 317 Å². The average Bonchev–Trinajstić information content (AvgIpc) is 3.85. The number of anilines is 3. The molecule has 11 aromatic rings. The Kier molecular flexibility index (Phi) is 7.14. The van der Waals surface area contributed by atoms with Crippen LogP contribution in [0.25, 0.3) is 82.7 Å². The fourth-order valence-electron chi connectivity index (χ4n) is 8.23. The summed E-state index contributed by atoms with van der Waals surface area (Å²) in [5.74, 6) is 0.623. The summed E-state index contributed by atoms with van der Waals surface area (Å²) in [7, 11) is 0. The highest BCUT2D eigenvalue weighted by molar-refractivity contribution is 6.19. The van der Waals surface area contributed by atoms with Gasteiger partial charge in [-0.05, 0) is 100 Å². The molecule has 0 fully saturated rings. The number of para-hydroxylation sites is 2. The predicted molar refractivity (Wildman–Crippen MR) is 229 cm³/mol. The van der Waals surface area contributed by atoms with Gasteiger partial charge in [0.05, 0.1) is 11.0 Å². The van der Waals surface area contributed by atoms with Crippen LogP contribution in [0.2, 0.25) is 0 Å². The summed E-state index contributed by atoms with van der Waals surface area (Å²) in [4.78, 5) is 7.30. The first kappa shape index (κ1) is 31.1. The molecule has 2 heterocycles. The van der Waals surface area contributed by atoms with Crippen molar-refractivity contribution in [3.05, 3.63) is 200 Å². The molecule has 0 aliphatic rings. The van der Waals surface area contributed by atoms with E-state index < -0.39 is 0 Å². The van der Waals surface area contributed by atoms with Crippen molar-refractivity contribution in [3.63, 3.8) is 0 Å². The van der Waals surface area contributed by atoms with Gasteiger partial charge in [0.25, 0.3) is 0 Å². The molecule has 0 atom stereocenters. The van der Waals surface area contributed by atoms with E-state index in [0.29, 0.717) is 5.89 Å². The molecule has 0 saturated heterocycles. The van der Waals surface area contributed by atoms with Crippen molar-refractivity contribution in [2.24, 2.45) is 0 Å². The topological polar surface area (TPSA) is 34.2 Å². The van der Waals surface area contributed by atoms with E-state index in [1.165, 1.54) is 27.4 Å². The van der Waals surface area contributed by atoms with E-state index >= 15 is 0 Å². The minimum atomic E-state index is 0.623. The first-order valence-corrected chi connectivity index (χ1v) is 18.6. The van der Waals surface area contributed by atoms with Crippen LogP contribution < -0.4 is 4.90 Å². The number of oxazole rings is 1. The van der Waals surface area contributed by atoms with Crippen molar-refractivity contribution in [3.8, 4) is 28.3 Å². The van der Waals surface area contributed by atoms with Gasteiger partial charge in [-0.25, -0.2) is 4.98 Å². The van der Waals surface area contributed by atoms with Crippen molar-refractivity contribution in [2.45, 2.75) is 0 Å². The molecule has 55 heavy (non-hydrogen) atoms. The van der Waals surface area contributed by atoms with E-state index in [1.54, 1.807) is 0 Å². The van der Waals surface area contributed by atoms with Gasteiger partial charge < -0.3 is 13.9 Å². The largest absolute Gasteiger partial charge is 0.435 e. The molecule has 0 bridgehead atoms. The maximum absolute atomic E-state index is 6.61. The molecule has 0 aliphatic heterocycles. The second-order valence-corrected chi connectivity index (χ2v) is 14.0. The highest BCUT2D eigenvalue weighted by atomic mass is 16.3. The van der Waals surface area contributed by atoms with Crippen LogP contribution >= 0.6 is 0 Å². The zero-order chi connectivity index (χ0) is 36.3. The Morgan fingerprint density at radius 2 is 1.00 bits per heavy atom. The molecule has 11 rings (SSSR count). The van der Waals surface area contributed by atoms with Crippen LogP contribution in [-0.4, -0.2) is 9.55 Å². The molecule has 0 spiro atoms. The van der Waals surface area contributed by atoms with Crippen molar-refractivity contribution in [1.82, 2.24) is 9.55 Å². The summed E-state index contributed by atoms with van der Waals surface area (Å²) in [6.45, 7) is 0. The van der Waals surface area contributed by atoms with Gasteiger partial charge in [0.15, 0.2) is 5.58 Å². The quantitative estimate of drug-likeness (QED) is 0.162. The number of fused-ring (bicyclic) bond motifs is 8. The van der Waals surface area contributed by atoms with E-state index in [1.807, 2.05) is 30.3 Å². The third kappa shape index (κ3) is 5.19. The lowest BCUT2D eigenvalue weighted by Gasteiger charge is -2.27. The Balaban J connectivity index is 1.15. The first-order valence-electron chi connectivity index (χ1n) is 18.6. The molecule has 258 valence electrons. The van der Waals surface area contributed by atoms with Gasteiger partial charge in [0.1, 0.15) is 5.52 Å².